The predicted molar refractivity (Wildman–Crippen MR) is 267 cm³/mol. The predicted octanol–water partition coefficient (Wildman–Crippen LogP) is 14.4. The molecule has 0 spiro atoms. The molecule has 0 fully saturated rings. The van der Waals surface area contributed by atoms with Crippen LogP contribution in [0.3, 0.4) is 0 Å². The third kappa shape index (κ3) is 6.38. The number of hydrogen-bond acceptors (Lipinski definition) is 3. The van der Waals surface area contributed by atoms with Crippen molar-refractivity contribution in [2.75, 3.05) is 9.80 Å². The van der Waals surface area contributed by atoms with E-state index in [1.807, 2.05) is 0 Å². The van der Waals surface area contributed by atoms with Crippen molar-refractivity contribution in [3.63, 3.8) is 0 Å². The highest BCUT2D eigenvalue weighted by molar-refractivity contribution is 7.01. The maximum absolute atomic E-state index is 7.46. The van der Waals surface area contributed by atoms with E-state index in [0.29, 0.717) is 0 Å². The van der Waals surface area contributed by atoms with Crippen molar-refractivity contribution in [2.45, 2.75) is 130 Å². The number of hydrogen-bond donors (Lipinski definition) is 0. The van der Waals surface area contributed by atoms with Gasteiger partial charge in [0.25, 0.3) is 6.71 Å². The molecule has 0 unspecified atom stereocenters. The van der Waals surface area contributed by atoms with Gasteiger partial charge in [-0.2, -0.15) is 0 Å². The molecule has 0 radical (unpaired) electrons. The molecule has 0 amide bonds. The maximum Gasteiger partial charge on any atom is 0.257 e. The van der Waals surface area contributed by atoms with Crippen LogP contribution in [0.25, 0.3) is 22.1 Å². The number of fused-ring (bicyclic) bond motifs is 7. The molecule has 7 aromatic rings. The van der Waals surface area contributed by atoms with Gasteiger partial charge >= 0.3 is 0 Å². The van der Waals surface area contributed by atoms with Crippen molar-refractivity contribution >= 4 is 68.4 Å². The summed E-state index contributed by atoms with van der Waals surface area (Å²) in [6.07, 6.45) is 2.31. The van der Waals surface area contributed by atoms with Crippen LogP contribution < -0.4 is 26.2 Å². The molecule has 4 heteroatoms. The van der Waals surface area contributed by atoms with Crippen molar-refractivity contribution in [1.29, 1.82) is 0 Å². The second kappa shape index (κ2) is 13.5. The van der Waals surface area contributed by atoms with Gasteiger partial charge in [0.1, 0.15) is 5.58 Å². The van der Waals surface area contributed by atoms with Crippen molar-refractivity contribution < 1.29 is 4.42 Å². The van der Waals surface area contributed by atoms with Gasteiger partial charge in [-0.3, -0.25) is 4.90 Å². The molecule has 6 aromatic carbocycles. The molecule has 3 heterocycles. The lowest BCUT2D eigenvalue weighted by molar-refractivity contribution is 0.332. The van der Waals surface area contributed by atoms with Crippen LogP contribution in [0.15, 0.2) is 126 Å². The summed E-state index contributed by atoms with van der Waals surface area (Å²) >= 11 is 0. The molecule has 0 atom stereocenters. The molecule has 3 aliphatic rings. The van der Waals surface area contributed by atoms with E-state index >= 15 is 0 Å². The highest BCUT2D eigenvalue weighted by Crippen LogP contribution is 2.51. The standard InChI is InChI=1S/C58H63BN2O/c1-54(2,3)38-19-24-41(25-20-38)60-47-28-23-40(56(7,8)9)33-46(47)59-51-43-34-44-45(58(12,13)30-29-57(44,10)11)35-50(43)62-53(51)61(42-26-21-39(22-27-42)55(4,5)6)49-32-37(31-48(60)52(49)59)36-17-15-14-16-18-36/h14-28,31-35H,29-30H2,1-13H3. The minimum absolute atomic E-state index is 0.0264. The van der Waals surface area contributed by atoms with Gasteiger partial charge in [0.05, 0.1) is 0 Å². The zero-order chi connectivity index (χ0) is 43.9. The summed E-state index contributed by atoms with van der Waals surface area (Å²) in [7, 11) is 0. The van der Waals surface area contributed by atoms with Crippen LogP contribution in [0.2, 0.25) is 0 Å². The molecule has 1 aliphatic carbocycles. The molecular formula is C58H63BN2O. The minimum atomic E-state index is -0.0636. The van der Waals surface area contributed by atoms with Gasteiger partial charge in [-0.1, -0.05) is 157 Å². The van der Waals surface area contributed by atoms with Crippen LogP contribution >= 0.6 is 0 Å². The van der Waals surface area contributed by atoms with Gasteiger partial charge in [0, 0.05) is 39.3 Å². The number of anilines is 6. The topological polar surface area (TPSA) is 19.6 Å². The van der Waals surface area contributed by atoms with Crippen molar-refractivity contribution in [3.05, 3.63) is 149 Å². The summed E-state index contributed by atoms with van der Waals surface area (Å²) in [4.78, 5) is 5.01. The quantitative estimate of drug-likeness (QED) is 0.166. The minimum Gasteiger partial charge on any atom is -0.440 e. The van der Waals surface area contributed by atoms with Crippen molar-refractivity contribution in [2.24, 2.45) is 0 Å². The zero-order valence-electron chi connectivity index (χ0n) is 39.3. The molecule has 314 valence electrons. The molecule has 0 N–H and O–H groups in total. The lowest BCUT2D eigenvalue weighted by Gasteiger charge is -2.43. The van der Waals surface area contributed by atoms with E-state index in [2.05, 4.69) is 221 Å². The fourth-order valence-electron chi connectivity index (χ4n) is 10.6. The lowest BCUT2D eigenvalue weighted by Crippen LogP contribution is -2.61. The molecule has 0 saturated carbocycles. The van der Waals surface area contributed by atoms with E-state index in [-0.39, 0.29) is 33.8 Å². The first-order valence-electron chi connectivity index (χ1n) is 22.9. The Morgan fingerprint density at radius 1 is 0.484 bits per heavy atom. The van der Waals surface area contributed by atoms with Gasteiger partial charge in [-0.25, -0.2) is 0 Å². The van der Waals surface area contributed by atoms with Crippen LogP contribution in [-0.4, -0.2) is 6.71 Å². The Labute approximate surface area is 371 Å². The number of furan rings is 1. The van der Waals surface area contributed by atoms with Gasteiger partial charge < -0.3 is 9.32 Å². The first kappa shape index (κ1) is 40.6. The SMILES string of the molecule is CC(C)(C)c1ccc(N2c3ccc(C(C)(C)C)cc3B3c4c2cc(-c2ccccc2)cc4N(c2ccc(C(C)(C)C)cc2)c2oc4cc5c(cc4c23)C(C)(C)CCC5(C)C)cc1. The third-order valence-electron chi connectivity index (χ3n) is 14.6. The smallest absolute Gasteiger partial charge is 0.257 e. The van der Waals surface area contributed by atoms with Crippen LogP contribution in [0.4, 0.5) is 34.3 Å². The lowest BCUT2D eigenvalue weighted by atomic mass is 9.33. The van der Waals surface area contributed by atoms with E-state index < -0.39 is 0 Å². The fraction of sp³-hybridized carbons (Fsp3) is 0.345. The maximum atomic E-state index is 7.46. The summed E-state index contributed by atoms with van der Waals surface area (Å²) in [5, 5.41) is 1.23. The molecule has 1 aromatic heterocycles. The van der Waals surface area contributed by atoms with E-state index in [4.69, 9.17) is 4.42 Å². The van der Waals surface area contributed by atoms with Gasteiger partial charge in [0.2, 0.25) is 5.88 Å². The van der Waals surface area contributed by atoms with Gasteiger partial charge in [-0.15, -0.1) is 0 Å². The zero-order valence-corrected chi connectivity index (χ0v) is 39.3. The molecule has 0 bridgehead atoms. The molecule has 0 saturated heterocycles. The average Bonchev–Trinajstić information content (AvgIpc) is 3.59. The Bertz CT molecular complexity index is 2890. The number of rotatable bonds is 3. The number of nitrogens with zero attached hydrogens (tertiary/aromatic N) is 2. The Balaban J connectivity index is 1.35. The second-order valence-corrected chi connectivity index (χ2v) is 23.0. The highest BCUT2D eigenvalue weighted by atomic mass is 16.4. The van der Waals surface area contributed by atoms with E-state index in [9.17, 15) is 0 Å². The summed E-state index contributed by atoms with van der Waals surface area (Å²) in [5.41, 5.74) is 20.1. The second-order valence-electron chi connectivity index (χ2n) is 23.0. The Hall–Kier alpha value is -5.48. The highest BCUT2D eigenvalue weighted by Gasteiger charge is 2.48. The summed E-state index contributed by atoms with van der Waals surface area (Å²) < 4.78 is 7.46. The van der Waals surface area contributed by atoms with Crippen LogP contribution in [0, 0.1) is 0 Å². The number of benzene rings is 6. The molecule has 2 aliphatic heterocycles. The monoisotopic (exact) mass is 815 g/mol. The van der Waals surface area contributed by atoms with Crippen molar-refractivity contribution in [3.8, 4) is 11.1 Å². The van der Waals surface area contributed by atoms with Crippen LogP contribution in [-0.2, 0) is 27.1 Å². The first-order valence-corrected chi connectivity index (χ1v) is 22.9. The molecular weight excluding hydrogens is 751 g/mol. The van der Waals surface area contributed by atoms with E-state index in [1.54, 1.807) is 0 Å². The summed E-state index contributed by atoms with van der Waals surface area (Å²) in [5.74, 6) is 0.922. The van der Waals surface area contributed by atoms with Crippen LogP contribution in [0.5, 0.6) is 0 Å². The summed E-state index contributed by atoms with van der Waals surface area (Å²) in [6, 6.07) is 46.6. The normalized spacial score (nSPS) is 16.5. The Morgan fingerprint density at radius 3 is 1.53 bits per heavy atom. The Morgan fingerprint density at radius 2 is 0.984 bits per heavy atom. The molecule has 3 nitrogen and oxygen atoms in total. The Kier molecular flexibility index (Phi) is 8.85. The molecule has 62 heavy (non-hydrogen) atoms. The third-order valence-corrected chi connectivity index (χ3v) is 14.6. The largest absolute Gasteiger partial charge is 0.440 e. The first-order chi connectivity index (χ1) is 29.1. The molecule has 10 rings (SSSR count). The summed E-state index contributed by atoms with van der Waals surface area (Å²) in [6.45, 7) is 30.4. The van der Waals surface area contributed by atoms with E-state index in [0.717, 1.165) is 41.4 Å². The van der Waals surface area contributed by atoms with Crippen molar-refractivity contribution in [1.82, 2.24) is 0 Å². The van der Waals surface area contributed by atoms with Gasteiger partial charge in [0.15, 0.2) is 0 Å². The van der Waals surface area contributed by atoms with Gasteiger partial charge in [-0.05, 0) is 144 Å². The van der Waals surface area contributed by atoms with Crippen LogP contribution in [0.1, 0.15) is 131 Å². The van der Waals surface area contributed by atoms with E-state index in [1.165, 1.54) is 72.1 Å². The average molecular weight is 815 g/mol. The fourth-order valence-corrected chi connectivity index (χ4v) is 10.6.